The van der Waals surface area contributed by atoms with Gasteiger partial charge in [0, 0.05) is 23.4 Å². The van der Waals surface area contributed by atoms with Crippen LogP contribution in [0.3, 0.4) is 0 Å². The molecule has 0 radical (unpaired) electrons. The van der Waals surface area contributed by atoms with E-state index in [1.807, 2.05) is 0 Å². The summed E-state index contributed by atoms with van der Waals surface area (Å²) in [5.41, 5.74) is 3.09. The number of halogens is 1. The van der Waals surface area contributed by atoms with Crippen molar-refractivity contribution in [2.75, 3.05) is 16.3 Å². The number of carbonyl (C=O) groups excluding carboxylic acids is 1. The van der Waals surface area contributed by atoms with Gasteiger partial charge in [-0.2, -0.15) is 0 Å². The molecule has 0 bridgehead atoms. The molecule has 3 N–H and O–H groups in total. The van der Waals surface area contributed by atoms with Gasteiger partial charge in [0.1, 0.15) is 11.6 Å². The van der Waals surface area contributed by atoms with Crippen molar-refractivity contribution in [3.05, 3.63) is 89.5 Å². The van der Waals surface area contributed by atoms with Gasteiger partial charge in [0.15, 0.2) is 0 Å². The lowest BCUT2D eigenvalue weighted by Gasteiger charge is -2.08. The number of carbonyl (C=O) groups is 1. The first-order chi connectivity index (χ1) is 14.8. The fourth-order valence-electron chi connectivity index (χ4n) is 3.19. The maximum atomic E-state index is 13.9. The number of anilines is 2. The van der Waals surface area contributed by atoms with Crippen molar-refractivity contribution < 1.29 is 17.6 Å². The van der Waals surface area contributed by atoms with Crippen LogP contribution < -0.4 is 10.0 Å². The molecule has 1 heterocycles. The zero-order valence-corrected chi connectivity index (χ0v) is 17.3. The maximum absolute atomic E-state index is 13.9. The van der Waals surface area contributed by atoms with E-state index >= 15 is 0 Å². The quantitative estimate of drug-likeness (QED) is 0.424. The summed E-state index contributed by atoms with van der Waals surface area (Å²) in [6.45, 7) is 0. The lowest BCUT2D eigenvalue weighted by Crippen LogP contribution is -2.13. The SMILES string of the molecule is CS(=O)(=O)Nc1cccc(C(=O)Nc2ccc3nc(Cc4ccccc4F)[nH]c3c2)c1. The van der Waals surface area contributed by atoms with Crippen LogP contribution in [-0.4, -0.2) is 30.5 Å². The van der Waals surface area contributed by atoms with Crippen LogP contribution in [0.15, 0.2) is 66.7 Å². The molecule has 31 heavy (non-hydrogen) atoms. The highest BCUT2D eigenvalue weighted by molar-refractivity contribution is 7.92. The Morgan fingerprint density at radius 3 is 2.61 bits per heavy atom. The fourth-order valence-corrected chi connectivity index (χ4v) is 3.74. The molecule has 0 unspecified atom stereocenters. The topological polar surface area (TPSA) is 104 Å². The number of sulfonamides is 1. The Labute approximate surface area is 178 Å². The minimum atomic E-state index is -3.44. The lowest BCUT2D eigenvalue weighted by atomic mass is 10.1. The Kier molecular flexibility index (Phi) is 5.43. The molecule has 0 spiro atoms. The molecule has 0 aliphatic heterocycles. The van der Waals surface area contributed by atoms with Gasteiger partial charge in [0.25, 0.3) is 5.91 Å². The number of nitrogens with one attached hydrogen (secondary N) is 3. The van der Waals surface area contributed by atoms with Crippen LogP contribution in [-0.2, 0) is 16.4 Å². The Morgan fingerprint density at radius 2 is 1.84 bits per heavy atom. The Balaban J connectivity index is 1.52. The third kappa shape index (κ3) is 5.07. The number of amides is 1. The Morgan fingerprint density at radius 1 is 1.03 bits per heavy atom. The summed E-state index contributed by atoms with van der Waals surface area (Å²) in [4.78, 5) is 20.2. The molecule has 158 valence electrons. The minimum Gasteiger partial charge on any atom is -0.342 e. The predicted octanol–water partition coefficient (Wildman–Crippen LogP) is 3.92. The third-order valence-electron chi connectivity index (χ3n) is 4.53. The van der Waals surface area contributed by atoms with Gasteiger partial charge >= 0.3 is 0 Å². The van der Waals surface area contributed by atoms with Crippen molar-refractivity contribution in [3.8, 4) is 0 Å². The number of hydrogen-bond donors (Lipinski definition) is 3. The standard InChI is InChI=1S/C22H19FN4O3S/c1-31(29,30)27-17-7-4-6-15(11-17)22(28)24-16-9-10-19-20(13-16)26-21(25-19)12-14-5-2-3-8-18(14)23/h2-11,13,27H,12H2,1H3,(H,24,28)(H,25,26). The van der Waals surface area contributed by atoms with Crippen LogP contribution in [0.2, 0.25) is 0 Å². The monoisotopic (exact) mass is 438 g/mol. The van der Waals surface area contributed by atoms with E-state index in [-0.39, 0.29) is 11.7 Å². The van der Waals surface area contributed by atoms with Crippen LogP contribution in [0.4, 0.5) is 15.8 Å². The molecule has 0 fully saturated rings. The average Bonchev–Trinajstić information content (AvgIpc) is 3.10. The zero-order valence-electron chi connectivity index (χ0n) is 16.5. The molecule has 1 aromatic heterocycles. The number of aromatic nitrogens is 2. The molecule has 4 aromatic rings. The van der Waals surface area contributed by atoms with E-state index in [0.29, 0.717) is 45.8 Å². The molecule has 1 amide bonds. The maximum Gasteiger partial charge on any atom is 0.255 e. The average molecular weight is 438 g/mol. The van der Waals surface area contributed by atoms with Gasteiger partial charge in [-0.05, 0) is 48.0 Å². The molecule has 0 aliphatic carbocycles. The Bertz CT molecular complexity index is 1380. The molecule has 9 heteroatoms. The van der Waals surface area contributed by atoms with Crippen molar-refractivity contribution in [2.24, 2.45) is 0 Å². The summed E-state index contributed by atoms with van der Waals surface area (Å²) >= 11 is 0. The number of hydrogen-bond acceptors (Lipinski definition) is 4. The van der Waals surface area contributed by atoms with Crippen molar-refractivity contribution in [3.63, 3.8) is 0 Å². The van der Waals surface area contributed by atoms with Crippen LogP contribution >= 0.6 is 0 Å². The smallest absolute Gasteiger partial charge is 0.255 e. The molecular weight excluding hydrogens is 419 g/mol. The van der Waals surface area contributed by atoms with E-state index in [4.69, 9.17) is 0 Å². The van der Waals surface area contributed by atoms with Crippen LogP contribution in [0.1, 0.15) is 21.7 Å². The summed E-state index contributed by atoms with van der Waals surface area (Å²) in [5.74, 6) is -0.0609. The minimum absolute atomic E-state index is 0.288. The summed E-state index contributed by atoms with van der Waals surface area (Å²) in [6.07, 6.45) is 1.36. The highest BCUT2D eigenvalue weighted by Gasteiger charge is 2.11. The summed E-state index contributed by atoms with van der Waals surface area (Å²) in [6, 6.07) is 17.9. The van der Waals surface area contributed by atoms with E-state index < -0.39 is 10.0 Å². The van der Waals surface area contributed by atoms with Crippen LogP contribution in [0.5, 0.6) is 0 Å². The summed E-state index contributed by atoms with van der Waals surface area (Å²) < 4.78 is 39.0. The van der Waals surface area contributed by atoms with Crippen molar-refractivity contribution in [2.45, 2.75) is 6.42 Å². The number of aromatic amines is 1. The van der Waals surface area contributed by atoms with E-state index in [2.05, 4.69) is 20.0 Å². The van der Waals surface area contributed by atoms with E-state index in [9.17, 15) is 17.6 Å². The second-order valence-corrected chi connectivity index (χ2v) is 8.84. The summed E-state index contributed by atoms with van der Waals surface area (Å²) in [5, 5.41) is 2.78. The normalized spacial score (nSPS) is 11.4. The Hall–Kier alpha value is -3.72. The van der Waals surface area contributed by atoms with Crippen molar-refractivity contribution >= 4 is 38.3 Å². The highest BCUT2D eigenvalue weighted by Crippen LogP contribution is 2.21. The molecule has 0 atom stereocenters. The number of fused-ring (bicyclic) bond motifs is 1. The predicted molar refractivity (Wildman–Crippen MR) is 118 cm³/mol. The van der Waals surface area contributed by atoms with Gasteiger partial charge in [-0.15, -0.1) is 0 Å². The molecule has 0 saturated carbocycles. The van der Waals surface area contributed by atoms with Crippen molar-refractivity contribution in [1.29, 1.82) is 0 Å². The molecular formula is C22H19FN4O3S. The fraction of sp³-hybridized carbons (Fsp3) is 0.0909. The highest BCUT2D eigenvalue weighted by atomic mass is 32.2. The number of nitrogens with zero attached hydrogens (tertiary/aromatic N) is 1. The van der Waals surface area contributed by atoms with E-state index in [1.54, 1.807) is 54.6 Å². The van der Waals surface area contributed by atoms with Crippen LogP contribution in [0.25, 0.3) is 11.0 Å². The van der Waals surface area contributed by atoms with Gasteiger partial charge in [-0.1, -0.05) is 24.3 Å². The zero-order chi connectivity index (χ0) is 22.0. The first-order valence-corrected chi connectivity index (χ1v) is 11.3. The molecule has 0 saturated heterocycles. The first-order valence-electron chi connectivity index (χ1n) is 9.38. The molecule has 7 nitrogen and oxygen atoms in total. The second kappa shape index (κ2) is 8.19. The van der Waals surface area contributed by atoms with Crippen molar-refractivity contribution in [1.82, 2.24) is 9.97 Å². The number of benzene rings is 3. The molecule has 3 aromatic carbocycles. The van der Waals surface area contributed by atoms with E-state index in [1.165, 1.54) is 12.1 Å². The second-order valence-electron chi connectivity index (χ2n) is 7.09. The van der Waals surface area contributed by atoms with Crippen LogP contribution in [0, 0.1) is 5.82 Å². The van der Waals surface area contributed by atoms with Gasteiger partial charge < -0.3 is 10.3 Å². The van der Waals surface area contributed by atoms with Gasteiger partial charge in [-0.3, -0.25) is 9.52 Å². The summed E-state index contributed by atoms with van der Waals surface area (Å²) in [7, 11) is -3.44. The lowest BCUT2D eigenvalue weighted by molar-refractivity contribution is 0.102. The molecule has 4 rings (SSSR count). The van der Waals surface area contributed by atoms with Gasteiger partial charge in [-0.25, -0.2) is 17.8 Å². The largest absolute Gasteiger partial charge is 0.342 e. The number of H-pyrrole nitrogens is 1. The van der Waals surface area contributed by atoms with Gasteiger partial charge in [0.2, 0.25) is 10.0 Å². The first kappa shape index (κ1) is 20.5. The third-order valence-corrected chi connectivity index (χ3v) is 5.14. The van der Waals surface area contributed by atoms with E-state index in [0.717, 1.165) is 6.26 Å². The molecule has 0 aliphatic rings. The number of rotatable bonds is 6. The van der Waals surface area contributed by atoms with Gasteiger partial charge in [0.05, 0.1) is 17.3 Å². The number of imidazole rings is 1.